The van der Waals surface area contributed by atoms with Gasteiger partial charge in [-0.1, -0.05) is 35.9 Å². The summed E-state index contributed by atoms with van der Waals surface area (Å²) in [6.07, 6.45) is 0. The van der Waals surface area contributed by atoms with Gasteiger partial charge in [0.1, 0.15) is 10.7 Å². The molecule has 0 aliphatic heterocycles. The van der Waals surface area contributed by atoms with Crippen LogP contribution in [-0.4, -0.2) is 9.97 Å². The second-order valence-corrected chi connectivity index (χ2v) is 8.60. The van der Waals surface area contributed by atoms with Crippen molar-refractivity contribution in [2.45, 2.75) is 25.9 Å². The van der Waals surface area contributed by atoms with Gasteiger partial charge in [0.05, 0.1) is 11.4 Å². The van der Waals surface area contributed by atoms with Crippen LogP contribution in [-0.2, 0) is 0 Å². The Balaban J connectivity index is 1.64. The van der Waals surface area contributed by atoms with E-state index < -0.39 is 0 Å². The van der Waals surface area contributed by atoms with Crippen LogP contribution >= 0.6 is 34.3 Å². The van der Waals surface area contributed by atoms with Gasteiger partial charge in [0, 0.05) is 26.9 Å². The summed E-state index contributed by atoms with van der Waals surface area (Å²) in [5.41, 5.74) is 1.87. The Labute approximate surface area is 169 Å². The Kier molecular flexibility index (Phi) is 5.14. The lowest BCUT2D eigenvalue weighted by atomic mass is 10.1. The van der Waals surface area contributed by atoms with Gasteiger partial charge in [0.15, 0.2) is 0 Å². The smallest absolute Gasteiger partial charge is 0.260 e. The average Bonchev–Trinajstić information content (AvgIpc) is 3.31. The normalized spacial score (nSPS) is 13.7. The number of thiophene rings is 2. The molecule has 27 heavy (non-hydrogen) atoms. The summed E-state index contributed by atoms with van der Waals surface area (Å²) in [6.45, 7) is 4.04. The Hall–Kier alpha value is -1.99. The zero-order valence-electron chi connectivity index (χ0n) is 14.8. The number of benzene rings is 1. The van der Waals surface area contributed by atoms with Crippen LogP contribution in [0.5, 0.6) is 0 Å². The molecule has 0 aliphatic rings. The van der Waals surface area contributed by atoms with Crippen molar-refractivity contribution < 1.29 is 0 Å². The molecule has 138 valence electrons. The van der Waals surface area contributed by atoms with Crippen molar-refractivity contribution in [1.82, 2.24) is 15.3 Å². The molecule has 0 saturated heterocycles. The number of aromatic amines is 1. The van der Waals surface area contributed by atoms with Crippen LogP contribution < -0.4 is 10.9 Å². The van der Waals surface area contributed by atoms with E-state index in [1.807, 2.05) is 61.0 Å². The monoisotopic (exact) mass is 415 g/mol. The fourth-order valence-electron chi connectivity index (χ4n) is 3.15. The van der Waals surface area contributed by atoms with Gasteiger partial charge < -0.3 is 10.3 Å². The maximum Gasteiger partial charge on any atom is 0.260 e. The van der Waals surface area contributed by atoms with E-state index in [0.29, 0.717) is 11.2 Å². The van der Waals surface area contributed by atoms with E-state index in [1.165, 1.54) is 11.3 Å². The highest BCUT2D eigenvalue weighted by atomic mass is 35.5. The minimum absolute atomic E-state index is 0.0275. The van der Waals surface area contributed by atoms with Crippen molar-refractivity contribution in [2.75, 3.05) is 0 Å². The number of nitrogens with one attached hydrogen (secondary N) is 2. The molecule has 0 aliphatic carbocycles. The van der Waals surface area contributed by atoms with Crippen LogP contribution in [0.2, 0.25) is 5.02 Å². The fourth-order valence-corrected chi connectivity index (χ4v) is 5.22. The predicted octanol–water partition coefficient (Wildman–Crippen LogP) is 5.78. The van der Waals surface area contributed by atoms with E-state index in [4.69, 9.17) is 16.6 Å². The molecule has 2 N–H and O–H groups in total. The lowest BCUT2D eigenvalue weighted by Crippen LogP contribution is -2.26. The molecule has 7 heteroatoms. The molecular formula is C20H18ClN3OS2. The van der Waals surface area contributed by atoms with E-state index in [-0.39, 0.29) is 17.6 Å². The highest BCUT2D eigenvalue weighted by Crippen LogP contribution is 2.34. The molecule has 3 aromatic heterocycles. The standard InChI is InChI=1S/C20H18ClN3OS2/c1-11(13-6-3-4-7-15(13)21)22-12(2)18-23-19(25)17-14(10-27-20(17)24-18)16-8-5-9-26-16/h3-12,22H,1-2H3,(H,23,24,25)/t11-,12-/m0/s1. The lowest BCUT2D eigenvalue weighted by molar-refractivity contribution is 0.477. The maximum absolute atomic E-state index is 12.8. The van der Waals surface area contributed by atoms with Crippen LogP contribution in [0.3, 0.4) is 0 Å². The van der Waals surface area contributed by atoms with Crippen LogP contribution in [0.25, 0.3) is 20.7 Å². The Bertz CT molecular complexity index is 1130. The van der Waals surface area contributed by atoms with Gasteiger partial charge in [0.2, 0.25) is 0 Å². The number of halogens is 1. The molecule has 2 atom stereocenters. The number of fused-ring (bicyclic) bond motifs is 1. The number of rotatable bonds is 5. The first kappa shape index (κ1) is 18.4. The summed E-state index contributed by atoms with van der Waals surface area (Å²) in [6, 6.07) is 11.7. The predicted molar refractivity (Wildman–Crippen MR) is 115 cm³/mol. The van der Waals surface area contributed by atoms with Crippen molar-refractivity contribution >= 4 is 44.5 Å². The maximum atomic E-state index is 12.8. The number of aromatic nitrogens is 2. The van der Waals surface area contributed by atoms with Crippen LogP contribution in [0.1, 0.15) is 37.3 Å². The Morgan fingerprint density at radius 1 is 1.11 bits per heavy atom. The second kappa shape index (κ2) is 7.56. The fraction of sp³-hybridized carbons (Fsp3) is 0.200. The number of hydrogen-bond acceptors (Lipinski definition) is 5. The van der Waals surface area contributed by atoms with Crippen LogP contribution in [0, 0.1) is 0 Å². The first-order chi connectivity index (χ1) is 13.0. The molecule has 4 rings (SSSR count). The first-order valence-electron chi connectivity index (χ1n) is 8.60. The summed E-state index contributed by atoms with van der Waals surface area (Å²) in [5, 5.41) is 8.87. The average molecular weight is 416 g/mol. The van der Waals surface area contributed by atoms with Crippen molar-refractivity contribution in [1.29, 1.82) is 0 Å². The van der Waals surface area contributed by atoms with E-state index in [9.17, 15) is 4.79 Å². The van der Waals surface area contributed by atoms with Crippen molar-refractivity contribution in [3.05, 3.63) is 73.9 Å². The third-order valence-corrected chi connectivity index (χ3v) is 6.65. The number of nitrogens with zero attached hydrogens (tertiary/aromatic N) is 1. The molecule has 0 fully saturated rings. The van der Waals surface area contributed by atoms with E-state index in [1.54, 1.807) is 11.3 Å². The lowest BCUT2D eigenvalue weighted by Gasteiger charge is -2.20. The van der Waals surface area contributed by atoms with Crippen LogP contribution in [0.4, 0.5) is 0 Å². The van der Waals surface area contributed by atoms with Gasteiger partial charge in [0.25, 0.3) is 5.56 Å². The summed E-state index contributed by atoms with van der Waals surface area (Å²) in [4.78, 5) is 22.3. The molecule has 0 amide bonds. The molecule has 4 nitrogen and oxygen atoms in total. The SMILES string of the molecule is C[C@H](N[C@@H](C)c1ccccc1Cl)c1nc2scc(-c3cccs3)c2c(=O)[nH]1. The molecule has 3 heterocycles. The summed E-state index contributed by atoms with van der Waals surface area (Å²) in [7, 11) is 0. The molecule has 0 saturated carbocycles. The first-order valence-corrected chi connectivity index (χ1v) is 10.7. The molecule has 1 aromatic carbocycles. The minimum Gasteiger partial charge on any atom is -0.309 e. The van der Waals surface area contributed by atoms with E-state index >= 15 is 0 Å². The topological polar surface area (TPSA) is 57.8 Å². The quantitative estimate of drug-likeness (QED) is 0.434. The summed E-state index contributed by atoms with van der Waals surface area (Å²) >= 11 is 9.42. The van der Waals surface area contributed by atoms with Gasteiger partial charge in [-0.05, 0) is 36.9 Å². The number of H-pyrrole nitrogens is 1. The van der Waals surface area contributed by atoms with Gasteiger partial charge in [-0.2, -0.15) is 0 Å². The van der Waals surface area contributed by atoms with Gasteiger partial charge in [-0.15, -0.1) is 22.7 Å². The second-order valence-electron chi connectivity index (χ2n) is 6.39. The highest BCUT2D eigenvalue weighted by Gasteiger charge is 2.18. The van der Waals surface area contributed by atoms with Crippen molar-refractivity contribution in [3.8, 4) is 10.4 Å². The summed E-state index contributed by atoms with van der Waals surface area (Å²) < 4.78 is 0. The van der Waals surface area contributed by atoms with E-state index in [2.05, 4.69) is 10.3 Å². The Morgan fingerprint density at radius 2 is 1.93 bits per heavy atom. The molecule has 4 aromatic rings. The zero-order chi connectivity index (χ0) is 19.0. The summed E-state index contributed by atoms with van der Waals surface area (Å²) in [5.74, 6) is 0.631. The molecule has 0 bridgehead atoms. The van der Waals surface area contributed by atoms with E-state index in [0.717, 1.165) is 25.9 Å². The minimum atomic E-state index is -0.124. The van der Waals surface area contributed by atoms with Gasteiger partial charge >= 0.3 is 0 Å². The van der Waals surface area contributed by atoms with Crippen molar-refractivity contribution in [2.24, 2.45) is 0 Å². The van der Waals surface area contributed by atoms with Crippen molar-refractivity contribution in [3.63, 3.8) is 0 Å². The largest absolute Gasteiger partial charge is 0.309 e. The zero-order valence-corrected chi connectivity index (χ0v) is 17.2. The van der Waals surface area contributed by atoms with Gasteiger partial charge in [-0.25, -0.2) is 4.98 Å². The van der Waals surface area contributed by atoms with Gasteiger partial charge in [-0.3, -0.25) is 4.79 Å². The third-order valence-electron chi connectivity index (χ3n) is 4.53. The highest BCUT2D eigenvalue weighted by molar-refractivity contribution is 7.18. The third kappa shape index (κ3) is 3.58. The molecule has 0 radical (unpaired) electrons. The molecule has 0 unspecified atom stereocenters. The molecular weight excluding hydrogens is 398 g/mol. The Morgan fingerprint density at radius 3 is 2.67 bits per heavy atom. The molecule has 0 spiro atoms. The number of hydrogen-bond donors (Lipinski definition) is 2. The van der Waals surface area contributed by atoms with Crippen LogP contribution in [0.15, 0.2) is 52.0 Å².